The van der Waals surface area contributed by atoms with Crippen molar-refractivity contribution in [1.29, 1.82) is 0 Å². The maximum absolute atomic E-state index is 11.9. The minimum absolute atomic E-state index is 0.0642. The maximum Gasteiger partial charge on any atom is 0.267 e. The van der Waals surface area contributed by atoms with Gasteiger partial charge in [-0.25, -0.2) is 4.68 Å². The molecule has 0 atom stereocenters. The normalized spacial score (nSPS) is 10.2. The van der Waals surface area contributed by atoms with Crippen LogP contribution in [0.1, 0.15) is 5.69 Å². The number of carbonyl (C=O) groups is 1. The van der Waals surface area contributed by atoms with E-state index in [1.54, 1.807) is 0 Å². The molecular formula is C14H15N3O2. The lowest BCUT2D eigenvalue weighted by molar-refractivity contribution is -0.121. The maximum atomic E-state index is 11.9. The van der Waals surface area contributed by atoms with Crippen molar-refractivity contribution < 1.29 is 4.79 Å². The van der Waals surface area contributed by atoms with Gasteiger partial charge in [0.05, 0.1) is 5.69 Å². The molecule has 1 heterocycles. The highest BCUT2D eigenvalue weighted by Gasteiger charge is 2.09. The number of amides is 1. The number of hydrogen-bond donors (Lipinski definition) is 1. The average molecular weight is 257 g/mol. The first-order chi connectivity index (χ1) is 9.11. The van der Waals surface area contributed by atoms with Gasteiger partial charge >= 0.3 is 0 Å². The minimum atomic E-state index is -0.284. The van der Waals surface area contributed by atoms with Gasteiger partial charge in [-0.15, -0.1) is 0 Å². The zero-order valence-corrected chi connectivity index (χ0v) is 10.9. The van der Waals surface area contributed by atoms with Crippen molar-refractivity contribution in [2.24, 2.45) is 0 Å². The first kappa shape index (κ1) is 13.0. The van der Waals surface area contributed by atoms with Crippen LogP contribution >= 0.6 is 0 Å². The predicted octanol–water partition coefficient (Wildman–Crippen LogP) is 0.965. The fourth-order valence-electron chi connectivity index (χ4n) is 1.82. The van der Waals surface area contributed by atoms with Crippen molar-refractivity contribution in [2.75, 3.05) is 7.05 Å². The van der Waals surface area contributed by atoms with E-state index in [9.17, 15) is 9.59 Å². The quantitative estimate of drug-likeness (QED) is 0.891. The molecule has 0 unspecified atom stereocenters. The number of rotatable bonds is 3. The Kier molecular flexibility index (Phi) is 3.75. The molecule has 1 amide bonds. The van der Waals surface area contributed by atoms with Gasteiger partial charge in [-0.3, -0.25) is 9.59 Å². The summed E-state index contributed by atoms with van der Waals surface area (Å²) < 4.78 is 1.17. The summed E-state index contributed by atoms with van der Waals surface area (Å²) in [5, 5.41) is 6.65. The number of aromatic nitrogens is 2. The van der Waals surface area contributed by atoms with Crippen LogP contribution in [0.3, 0.4) is 0 Å². The van der Waals surface area contributed by atoms with E-state index < -0.39 is 0 Å². The Balaban J connectivity index is 2.43. The molecule has 0 aliphatic carbocycles. The summed E-state index contributed by atoms with van der Waals surface area (Å²) in [5.74, 6) is -0.249. The van der Waals surface area contributed by atoms with Crippen LogP contribution < -0.4 is 10.9 Å². The molecule has 19 heavy (non-hydrogen) atoms. The molecule has 0 bridgehead atoms. The lowest BCUT2D eigenvalue weighted by Crippen LogP contribution is -2.32. The number of benzene rings is 1. The first-order valence-electron chi connectivity index (χ1n) is 5.96. The molecule has 0 spiro atoms. The van der Waals surface area contributed by atoms with Crippen molar-refractivity contribution in [1.82, 2.24) is 15.1 Å². The third-order valence-electron chi connectivity index (χ3n) is 2.84. The minimum Gasteiger partial charge on any atom is -0.358 e. The van der Waals surface area contributed by atoms with E-state index in [1.807, 2.05) is 37.3 Å². The van der Waals surface area contributed by atoms with Crippen LogP contribution in [0.15, 0.2) is 41.2 Å². The molecule has 0 aliphatic heterocycles. The van der Waals surface area contributed by atoms with E-state index >= 15 is 0 Å². The van der Waals surface area contributed by atoms with Gasteiger partial charge in [-0.1, -0.05) is 30.3 Å². The summed E-state index contributed by atoms with van der Waals surface area (Å²) in [4.78, 5) is 23.2. The number of nitrogens with one attached hydrogen (secondary N) is 1. The second kappa shape index (κ2) is 5.48. The second-order valence-corrected chi connectivity index (χ2v) is 4.18. The van der Waals surface area contributed by atoms with Crippen molar-refractivity contribution in [3.63, 3.8) is 0 Å². The van der Waals surface area contributed by atoms with Gasteiger partial charge < -0.3 is 5.32 Å². The molecule has 1 aromatic heterocycles. The molecule has 5 nitrogen and oxygen atoms in total. The van der Waals surface area contributed by atoms with E-state index in [0.717, 1.165) is 16.8 Å². The summed E-state index contributed by atoms with van der Waals surface area (Å²) in [6.07, 6.45) is 0. The molecular weight excluding hydrogens is 242 g/mol. The highest BCUT2D eigenvalue weighted by atomic mass is 16.2. The van der Waals surface area contributed by atoms with Gasteiger partial charge in [0.2, 0.25) is 5.91 Å². The standard InChI is InChI=1S/C14H15N3O2/c1-10-12(11-6-4-3-5-7-11)8-14(19)17(16-10)9-13(18)15-2/h3-8H,9H2,1-2H3,(H,15,18). The number of nitrogens with zero attached hydrogens (tertiary/aromatic N) is 2. The van der Waals surface area contributed by atoms with Crippen LogP contribution in [0.25, 0.3) is 11.1 Å². The van der Waals surface area contributed by atoms with Gasteiger partial charge in [0.25, 0.3) is 5.56 Å². The summed E-state index contributed by atoms with van der Waals surface area (Å²) in [7, 11) is 1.53. The molecule has 2 aromatic rings. The Hall–Kier alpha value is -2.43. The lowest BCUT2D eigenvalue weighted by atomic mass is 10.1. The van der Waals surface area contributed by atoms with Crippen molar-refractivity contribution in [3.8, 4) is 11.1 Å². The van der Waals surface area contributed by atoms with Crippen LogP contribution in [0, 0.1) is 6.92 Å². The van der Waals surface area contributed by atoms with Crippen molar-refractivity contribution >= 4 is 5.91 Å². The third-order valence-corrected chi connectivity index (χ3v) is 2.84. The van der Waals surface area contributed by atoms with Crippen LogP contribution in [-0.4, -0.2) is 22.7 Å². The molecule has 1 N–H and O–H groups in total. The van der Waals surface area contributed by atoms with E-state index in [1.165, 1.54) is 17.8 Å². The van der Waals surface area contributed by atoms with Gasteiger partial charge in [0, 0.05) is 18.7 Å². The molecule has 1 aromatic carbocycles. The molecule has 0 saturated heterocycles. The molecule has 98 valence electrons. The summed E-state index contributed by atoms with van der Waals surface area (Å²) in [5.41, 5.74) is 2.17. The molecule has 2 rings (SSSR count). The van der Waals surface area contributed by atoms with Crippen LogP contribution in [0.2, 0.25) is 0 Å². The number of hydrogen-bond acceptors (Lipinski definition) is 3. The fourth-order valence-corrected chi connectivity index (χ4v) is 1.82. The molecule has 0 fully saturated rings. The van der Waals surface area contributed by atoms with E-state index in [-0.39, 0.29) is 18.0 Å². The van der Waals surface area contributed by atoms with Crippen LogP contribution in [-0.2, 0) is 11.3 Å². The number of aryl methyl sites for hydroxylation is 1. The zero-order chi connectivity index (χ0) is 13.8. The van der Waals surface area contributed by atoms with E-state index in [4.69, 9.17) is 0 Å². The number of likely N-dealkylation sites (N-methyl/N-ethyl adjacent to an activating group) is 1. The first-order valence-corrected chi connectivity index (χ1v) is 5.96. The van der Waals surface area contributed by atoms with E-state index in [2.05, 4.69) is 10.4 Å². The van der Waals surface area contributed by atoms with E-state index in [0.29, 0.717) is 0 Å². The largest absolute Gasteiger partial charge is 0.358 e. The van der Waals surface area contributed by atoms with Gasteiger partial charge in [-0.2, -0.15) is 5.10 Å². The monoisotopic (exact) mass is 257 g/mol. The molecule has 0 radical (unpaired) electrons. The Morgan fingerprint density at radius 1 is 1.32 bits per heavy atom. The molecule has 0 saturated carbocycles. The Morgan fingerprint density at radius 2 is 2.00 bits per heavy atom. The zero-order valence-electron chi connectivity index (χ0n) is 10.9. The number of carbonyl (C=O) groups excluding carboxylic acids is 1. The average Bonchev–Trinajstić information content (AvgIpc) is 2.43. The summed E-state index contributed by atoms with van der Waals surface area (Å²) in [6, 6.07) is 11.1. The van der Waals surface area contributed by atoms with Gasteiger partial charge in [0.1, 0.15) is 6.54 Å². The second-order valence-electron chi connectivity index (χ2n) is 4.18. The summed E-state index contributed by atoms with van der Waals surface area (Å²) >= 11 is 0. The fraction of sp³-hybridized carbons (Fsp3) is 0.214. The SMILES string of the molecule is CNC(=O)Cn1nc(C)c(-c2ccccc2)cc1=O. The topological polar surface area (TPSA) is 64.0 Å². The highest BCUT2D eigenvalue weighted by molar-refractivity contribution is 5.75. The third kappa shape index (κ3) is 2.88. The molecule has 5 heteroatoms. The van der Waals surface area contributed by atoms with Crippen molar-refractivity contribution in [3.05, 3.63) is 52.4 Å². The predicted molar refractivity (Wildman–Crippen MR) is 72.7 cm³/mol. The van der Waals surface area contributed by atoms with Gasteiger partial charge in [-0.05, 0) is 12.5 Å². The Labute approximate surface area is 110 Å². The lowest BCUT2D eigenvalue weighted by Gasteiger charge is -2.09. The Morgan fingerprint density at radius 3 is 2.63 bits per heavy atom. The summed E-state index contributed by atoms with van der Waals surface area (Å²) in [6.45, 7) is 1.76. The highest BCUT2D eigenvalue weighted by Crippen LogP contribution is 2.19. The van der Waals surface area contributed by atoms with Crippen LogP contribution in [0.4, 0.5) is 0 Å². The molecule has 0 aliphatic rings. The smallest absolute Gasteiger partial charge is 0.267 e. The Bertz CT molecular complexity index is 647. The van der Waals surface area contributed by atoms with Crippen molar-refractivity contribution in [2.45, 2.75) is 13.5 Å². The van der Waals surface area contributed by atoms with Gasteiger partial charge in [0.15, 0.2) is 0 Å². The van der Waals surface area contributed by atoms with Crippen LogP contribution in [0.5, 0.6) is 0 Å².